The molecule has 98 valence electrons. The SMILES string of the molecule is CNC(c1cncnc1)c1cccc(OC2CC2)c1. The molecule has 1 aliphatic carbocycles. The Labute approximate surface area is 112 Å². The van der Waals surface area contributed by atoms with Gasteiger partial charge in [0, 0.05) is 18.0 Å². The van der Waals surface area contributed by atoms with E-state index in [0.717, 1.165) is 16.9 Å². The molecule has 2 aromatic rings. The zero-order valence-electron chi connectivity index (χ0n) is 10.9. The summed E-state index contributed by atoms with van der Waals surface area (Å²) in [6.07, 6.45) is 7.98. The van der Waals surface area contributed by atoms with Crippen LogP contribution in [0.3, 0.4) is 0 Å². The zero-order chi connectivity index (χ0) is 13.1. The number of aromatic nitrogens is 2. The van der Waals surface area contributed by atoms with Gasteiger partial charge in [-0.2, -0.15) is 0 Å². The van der Waals surface area contributed by atoms with E-state index in [9.17, 15) is 0 Å². The van der Waals surface area contributed by atoms with Gasteiger partial charge in [0.2, 0.25) is 0 Å². The second-order valence-corrected chi connectivity index (χ2v) is 4.78. The Morgan fingerprint density at radius 3 is 2.68 bits per heavy atom. The fourth-order valence-corrected chi connectivity index (χ4v) is 2.13. The maximum absolute atomic E-state index is 5.84. The molecular formula is C15H17N3O. The van der Waals surface area contributed by atoms with Gasteiger partial charge >= 0.3 is 0 Å². The molecule has 19 heavy (non-hydrogen) atoms. The van der Waals surface area contributed by atoms with Crippen LogP contribution in [0.25, 0.3) is 0 Å². The molecular weight excluding hydrogens is 238 g/mol. The summed E-state index contributed by atoms with van der Waals surface area (Å²) >= 11 is 0. The Hall–Kier alpha value is -1.94. The molecule has 0 spiro atoms. The largest absolute Gasteiger partial charge is 0.490 e. The van der Waals surface area contributed by atoms with Gasteiger partial charge in [0.25, 0.3) is 0 Å². The monoisotopic (exact) mass is 255 g/mol. The number of hydrogen-bond donors (Lipinski definition) is 1. The van der Waals surface area contributed by atoms with Gasteiger partial charge in [-0.05, 0) is 37.6 Å². The number of nitrogens with zero attached hydrogens (tertiary/aromatic N) is 2. The smallest absolute Gasteiger partial charge is 0.120 e. The van der Waals surface area contributed by atoms with E-state index in [1.165, 1.54) is 12.8 Å². The summed E-state index contributed by atoms with van der Waals surface area (Å²) in [5, 5.41) is 3.30. The van der Waals surface area contributed by atoms with Gasteiger partial charge in [-0.25, -0.2) is 9.97 Å². The molecule has 4 nitrogen and oxygen atoms in total. The van der Waals surface area contributed by atoms with Crippen molar-refractivity contribution in [2.24, 2.45) is 0 Å². The minimum absolute atomic E-state index is 0.0870. The van der Waals surface area contributed by atoms with Crippen LogP contribution in [-0.4, -0.2) is 23.1 Å². The van der Waals surface area contributed by atoms with Crippen LogP contribution in [0.5, 0.6) is 5.75 Å². The number of hydrogen-bond acceptors (Lipinski definition) is 4. The van der Waals surface area contributed by atoms with Gasteiger partial charge in [-0.3, -0.25) is 0 Å². The van der Waals surface area contributed by atoms with Crippen molar-refractivity contribution in [3.05, 3.63) is 54.1 Å². The molecule has 1 N–H and O–H groups in total. The van der Waals surface area contributed by atoms with E-state index in [2.05, 4.69) is 27.4 Å². The highest BCUT2D eigenvalue weighted by Crippen LogP contribution is 2.29. The molecule has 4 heteroatoms. The molecule has 1 fully saturated rings. The molecule has 1 aromatic heterocycles. The van der Waals surface area contributed by atoms with Crippen molar-refractivity contribution in [3.63, 3.8) is 0 Å². The standard InChI is InChI=1S/C15H17N3O/c1-16-15(12-8-17-10-18-9-12)11-3-2-4-14(7-11)19-13-5-6-13/h2-4,7-10,13,15-16H,5-6H2,1H3. The molecule has 0 aliphatic heterocycles. The van der Waals surface area contributed by atoms with E-state index in [-0.39, 0.29) is 6.04 Å². The zero-order valence-corrected chi connectivity index (χ0v) is 10.9. The molecule has 0 bridgehead atoms. The number of benzene rings is 1. The van der Waals surface area contributed by atoms with E-state index in [1.807, 2.05) is 31.6 Å². The number of rotatable bonds is 5. The summed E-state index contributed by atoms with van der Waals surface area (Å²) in [5.74, 6) is 0.942. The van der Waals surface area contributed by atoms with Gasteiger partial charge in [0.05, 0.1) is 12.1 Å². The first kappa shape index (κ1) is 12.1. The molecule has 1 aliphatic rings. The first-order chi connectivity index (χ1) is 9.36. The molecule has 1 saturated carbocycles. The van der Waals surface area contributed by atoms with E-state index >= 15 is 0 Å². The molecule has 1 heterocycles. The highest BCUT2D eigenvalue weighted by Gasteiger charge is 2.23. The Morgan fingerprint density at radius 2 is 2.00 bits per heavy atom. The fraction of sp³-hybridized carbons (Fsp3) is 0.333. The lowest BCUT2D eigenvalue weighted by Gasteiger charge is -2.17. The third-order valence-corrected chi connectivity index (χ3v) is 3.22. The lowest BCUT2D eigenvalue weighted by atomic mass is 10.0. The van der Waals surface area contributed by atoms with E-state index in [4.69, 9.17) is 4.74 Å². The number of ether oxygens (including phenoxy) is 1. The van der Waals surface area contributed by atoms with Crippen LogP contribution in [0.15, 0.2) is 43.0 Å². The minimum Gasteiger partial charge on any atom is -0.490 e. The Bertz CT molecular complexity index is 540. The summed E-state index contributed by atoms with van der Waals surface area (Å²) in [6, 6.07) is 8.31. The van der Waals surface area contributed by atoms with Gasteiger partial charge in [-0.15, -0.1) is 0 Å². The average molecular weight is 255 g/mol. The Balaban J connectivity index is 1.86. The molecule has 0 radical (unpaired) electrons. The van der Waals surface area contributed by atoms with Gasteiger partial charge in [-0.1, -0.05) is 12.1 Å². The maximum Gasteiger partial charge on any atom is 0.120 e. The predicted molar refractivity (Wildman–Crippen MR) is 73.0 cm³/mol. The van der Waals surface area contributed by atoms with Crippen LogP contribution >= 0.6 is 0 Å². The van der Waals surface area contributed by atoms with Crippen LogP contribution in [0.1, 0.15) is 30.0 Å². The van der Waals surface area contributed by atoms with Gasteiger partial charge in [0.15, 0.2) is 0 Å². The highest BCUT2D eigenvalue weighted by molar-refractivity contribution is 5.35. The van der Waals surface area contributed by atoms with E-state index in [1.54, 1.807) is 6.33 Å². The highest BCUT2D eigenvalue weighted by atomic mass is 16.5. The first-order valence-electron chi connectivity index (χ1n) is 6.55. The lowest BCUT2D eigenvalue weighted by molar-refractivity contribution is 0.302. The second kappa shape index (κ2) is 5.36. The normalized spacial score (nSPS) is 16.1. The van der Waals surface area contributed by atoms with Crippen molar-refractivity contribution in [2.45, 2.75) is 25.0 Å². The summed E-state index contributed by atoms with van der Waals surface area (Å²) in [6.45, 7) is 0. The Morgan fingerprint density at radius 1 is 1.21 bits per heavy atom. The summed E-state index contributed by atoms with van der Waals surface area (Å²) in [4.78, 5) is 8.15. The summed E-state index contributed by atoms with van der Waals surface area (Å²) < 4.78 is 5.84. The third-order valence-electron chi connectivity index (χ3n) is 3.22. The van der Waals surface area contributed by atoms with E-state index in [0.29, 0.717) is 6.10 Å². The maximum atomic E-state index is 5.84. The second-order valence-electron chi connectivity index (χ2n) is 4.78. The minimum atomic E-state index is 0.0870. The van der Waals surface area contributed by atoms with Crippen molar-refractivity contribution in [1.29, 1.82) is 0 Å². The van der Waals surface area contributed by atoms with Crippen molar-refractivity contribution < 1.29 is 4.74 Å². The fourth-order valence-electron chi connectivity index (χ4n) is 2.13. The number of nitrogens with one attached hydrogen (secondary N) is 1. The van der Waals surface area contributed by atoms with Gasteiger partial charge in [0.1, 0.15) is 12.1 Å². The predicted octanol–water partition coefficient (Wildman–Crippen LogP) is 2.33. The van der Waals surface area contributed by atoms with Crippen molar-refractivity contribution in [1.82, 2.24) is 15.3 Å². The Kier molecular flexibility index (Phi) is 3.42. The van der Waals surface area contributed by atoms with E-state index < -0.39 is 0 Å². The summed E-state index contributed by atoms with van der Waals surface area (Å²) in [7, 11) is 1.94. The first-order valence-corrected chi connectivity index (χ1v) is 6.55. The van der Waals surface area contributed by atoms with Crippen molar-refractivity contribution >= 4 is 0 Å². The van der Waals surface area contributed by atoms with Crippen LogP contribution in [-0.2, 0) is 0 Å². The average Bonchev–Trinajstić information content (AvgIpc) is 3.25. The van der Waals surface area contributed by atoms with Crippen LogP contribution < -0.4 is 10.1 Å². The van der Waals surface area contributed by atoms with Crippen molar-refractivity contribution in [3.8, 4) is 5.75 Å². The molecule has 0 amide bonds. The molecule has 1 unspecified atom stereocenters. The van der Waals surface area contributed by atoms with Gasteiger partial charge < -0.3 is 10.1 Å². The van der Waals surface area contributed by atoms with Crippen LogP contribution in [0.2, 0.25) is 0 Å². The quantitative estimate of drug-likeness (QED) is 0.890. The molecule has 3 rings (SSSR count). The lowest BCUT2D eigenvalue weighted by Crippen LogP contribution is -2.18. The van der Waals surface area contributed by atoms with Crippen molar-refractivity contribution in [2.75, 3.05) is 7.05 Å². The van der Waals surface area contributed by atoms with Crippen LogP contribution in [0, 0.1) is 0 Å². The molecule has 1 aromatic carbocycles. The topological polar surface area (TPSA) is 47.0 Å². The van der Waals surface area contributed by atoms with Crippen LogP contribution in [0.4, 0.5) is 0 Å². The summed E-state index contributed by atoms with van der Waals surface area (Å²) in [5.41, 5.74) is 2.21. The molecule has 1 atom stereocenters. The third kappa shape index (κ3) is 2.90. The molecule has 0 saturated heterocycles.